The fourth-order valence-electron chi connectivity index (χ4n) is 1.16. The van der Waals surface area contributed by atoms with Gasteiger partial charge < -0.3 is 19.9 Å². The normalized spacial score (nSPS) is 10.3. The van der Waals surface area contributed by atoms with Gasteiger partial charge in [0.2, 0.25) is 0 Å². The molecule has 0 aromatic carbocycles. The number of aromatic nitrogens is 2. The summed E-state index contributed by atoms with van der Waals surface area (Å²) >= 11 is 0. The number of carboxylic acids is 1. The summed E-state index contributed by atoms with van der Waals surface area (Å²) in [5.41, 5.74) is -0.0663. The summed E-state index contributed by atoms with van der Waals surface area (Å²) in [4.78, 5) is 18.2. The zero-order valence-corrected chi connectivity index (χ0v) is 10.3. The average Bonchev–Trinajstić information content (AvgIpc) is 2.38. The lowest BCUT2D eigenvalue weighted by molar-refractivity contribution is 0.0690. The molecule has 1 aromatic rings. The van der Waals surface area contributed by atoms with E-state index in [1.807, 2.05) is 0 Å². The van der Waals surface area contributed by atoms with Crippen LogP contribution in [0.4, 0.5) is 5.82 Å². The highest BCUT2D eigenvalue weighted by Crippen LogP contribution is 2.01. The molecule has 1 heterocycles. The molecule has 0 spiro atoms. The van der Waals surface area contributed by atoms with Gasteiger partial charge in [-0.05, 0) is 6.42 Å². The highest BCUT2D eigenvalue weighted by molar-refractivity contribution is 5.84. The van der Waals surface area contributed by atoms with Crippen LogP contribution in [0.1, 0.15) is 16.9 Å². The highest BCUT2D eigenvalue weighted by Gasteiger charge is 2.03. The van der Waals surface area contributed by atoms with E-state index in [9.17, 15) is 4.79 Å². The molecule has 0 bridgehead atoms. The van der Waals surface area contributed by atoms with Crippen molar-refractivity contribution in [2.45, 2.75) is 6.42 Å². The van der Waals surface area contributed by atoms with Gasteiger partial charge in [-0.2, -0.15) is 0 Å². The maximum atomic E-state index is 10.5. The molecular weight excluding hydrogens is 238 g/mol. The van der Waals surface area contributed by atoms with E-state index in [1.54, 1.807) is 7.11 Å². The molecule has 1 aromatic heterocycles. The Morgan fingerprint density at radius 2 is 2.17 bits per heavy atom. The number of carboxylic acid groups (broad SMARTS) is 1. The fourth-order valence-corrected chi connectivity index (χ4v) is 1.16. The Kier molecular flexibility index (Phi) is 6.67. The molecule has 0 aliphatic carbocycles. The second kappa shape index (κ2) is 8.37. The standard InChI is InChI=1S/C11H17N3O4/c1-17-5-6-18-4-2-3-12-10-8-13-9(7-14-10)11(15)16/h7-8H,2-6H2,1H3,(H,12,14)(H,15,16). The van der Waals surface area contributed by atoms with Crippen molar-refractivity contribution < 1.29 is 19.4 Å². The van der Waals surface area contributed by atoms with Crippen LogP contribution in [0.15, 0.2) is 12.4 Å². The summed E-state index contributed by atoms with van der Waals surface area (Å²) < 4.78 is 10.1. The zero-order valence-electron chi connectivity index (χ0n) is 10.3. The lowest BCUT2D eigenvalue weighted by Crippen LogP contribution is -2.10. The molecule has 0 aliphatic heterocycles. The molecule has 0 aliphatic rings. The SMILES string of the molecule is COCCOCCCNc1cnc(C(=O)O)cn1. The minimum absolute atomic E-state index is 0.0663. The van der Waals surface area contributed by atoms with Gasteiger partial charge in [0, 0.05) is 20.3 Å². The van der Waals surface area contributed by atoms with Crippen molar-refractivity contribution in [1.82, 2.24) is 9.97 Å². The first-order chi connectivity index (χ1) is 8.74. The largest absolute Gasteiger partial charge is 0.476 e. The first-order valence-electron chi connectivity index (χ1n) is 5.60. The van der Waals surface area contributed by atoms with Crippen molar-refractivity contribution >= 4 is 11.8 Å². The number of nitrogens with one attached hydrogen (secondary N) is 1. The van der Waals surface area contributed by atoms with E-state index in [4.69, 9.17) is 14.6 Å². The van der Waals surface area contributed by atoms with Crippen LogP contribution < -0.4 is 5.32 Å². The Hall–Kier alpha value is -1.73. The van der Waals surface area contributed by atoms with Gasteiger partial charge in [0.25, 0.3) is 0 Å². The number of hydrogen-bond acceptors (Lipinski definition) is 6. The van der Waals surface area contributed by atoms with E-state index in [1.165, 1.54) is 12.4 Å². The Morgan fingerprint density at radius 1 is 1.33 bits per heavy atom. The third kappa shape index (κ3) is 5.55. The first-order valence-corrected chi connectivity index (χ1v) is 5.60. The molecule has 18 heavy (non-hydrogen) atoms. The maximum Gasteiger partial charge on any atom is 0.356 e. The Bertz CT molecular complexity index is 356. The summed E-state index contributed by atoms with van der Waals surface area (Å²) in [6, 6.07) is 0. The van der Waals surface area contributed by atoms with Crippen LogP contribution in [0.2, 0.25) is 0 Å². The minimum atomic E-state index is -1.08. The average molecular weight is 255 g/mol. The number of rotatable bonds is 9. The quantitative estimate of drug-likeness (QED) is 0.625. The van der Waals surface area contributed by atoms with Crippen LogP contribution in [0.5, 0.6) is 0 Å². The zero-order chi connectivity index (χ0) is 13.2. The number of anilines is 1. The summed E-state index contributed by atoms with van der Waals surface area (Å²) in [6.45, 7) is 2.50. The molecule has 0 amide bonds. The number of hydrogen-bond donors (Lipinski definition) is 2. The van der Waals surface area contributed by atoms with Gasteiger partial charge in [-0.3, -0.25) is 0 Å². The first kappa shape index (κ1) is 14.3. The molecule has 0 saturated carbocycles. The third-order valence-electron chi connectivity index (χ3n) is 2.07. The smallest absolute Gasteiger partial charge is 0.356 e. The molecule has 7 heteroatoms. The van der Waals surface area contributed by atoms with E-state index < -0.39 is 5.97 Å². The molecule has 0 radical (unpaired) electrons. The van der Waals surface area contributed by atoms with Gasteiger partial charge in [-0.15, -0.1) is 0 Å². The van der Waals surface area contributed by atoms with Crippen LogP contribution in [0, 0.1) is 0 Å². The molecule has 0 saturated heterocycles. The highest BCUT2D eigenvalue weighted by atomic mass is 16.5. The monoisotopic (exact) mass is 255 g/mol. The van der Waals surface area contributed by atoms with Crippen molar-refractivity contribution in [3.63, 3.8) is 0 Å². The Morgan fingerprint density at radius 3 is 2.78 bits per heavy atom. The predicted octanol–water partition coefficient (Wildman–Crippen LogP) is 0.640. The van der Waals surface area contributed by atoms with Gasteiger partial charge >= 0.3 is 5.97 Å². The van der Waals surface area contributed by atoms with E-state index in [-0.39, 0.29) is 5.69 Å². The van der Waals surface area contributed by atoms with Gasteiger partial charge in [0.05, 0.1) is 25.6 Å². The number of methoxy groups -OCH3 is 1. The molecule has 0 fully saturated rings. The van der Waals surface area contributed by atoms with Crippen molar-refractivity contribution in [3.8, 4) is 0 Å². The van der Waals surface area contributed by atoms with E-state index in [2.05, 4.69) is 15.3 Å². The summed E-state index contributed by atoms with van der Waals surface area (Å²) in [7, 11) is 1.63. The summed E-state index contributed by atoms with van der Waals surface area (Å²) in [6.07, 6.45) is 3.45. The van der Waals surface area contributed by atoms with Gasteiger partial charge in [0.1, 0.15) is 5.82 Å². The van der Waals surface area contributed by atoms with Crippen LogP contribution in [0.3, 0.4) is 0 Å². The van der Waals surface area contributed by atoms with E-state index in [0.717, 1.165) is 6.42 Å². The molecule has 0 unspecified atom stereocenters. The van der Waals surface area contributed by atoms with Crippen molar-refractivity contribution in [3.05, 3.63) is 18.1 Å². The summed E-state index contributed by atoms with van der Waals surface area (Å²) in [5, 5.41) is 11.7. The number of nitrogens with zero attached hydrogens (tertiary/aromatic N) is 2. The Balaban J connectivity index is 2.14. The second-order valence-electron chi connectivity index (χ2n) is 3.48. The number of carbonyl (C=O) groups is 1. The van der Waals surface area contributed by atoms with E-state index >= 15 is 0 Å². The van der Waals surface area contributed by atoms with Gasteiger partial charge in [-0.1, -0.05) is 0 Å². The second-order valence-corrected chi connectivity index (χ2v) is 3.48. The molecule has 1 rings (SSSR count). The topological polar surface area (TPSA) is 93.6 Å². The molecule has 0 atom stereocenters. The van der Waals surface area contributed by atoms with Crippen LogP contribution in [0.25, 0.3) is 0 Å². The lowest BCUT2D eigenvalue weighted by Gasteiger charge is -2.06. The molecule has 7 nitrogen and oxygen atoms in total. The molecule has 100 valence electrons. The van der Waals surface area contributed by atoms with Crippen molar-refractivity contribution in [1.29, 1.82) is 0 Å². The lowest BCUT2D eigenvalue weighted by atomic mass is 10.4. The minimum Gasteiger partial charge on any atom is -0.476 e. The molecular formula is C11H17N3O4. The van der Waals surface area contributed by atoms with Crippen LogP contribution in [-0.2, 0) is 9.47 Å². The molecule has 2 N–H and O–H groups in total. The number of ether oxygens (including phenoxy) is 2. The van der Waals surface area contributed by atoms with Crippen LogP contribution >= 0.6 is 0 Å². The van der Waals surface area contributed by atoms with E-state index in [0.29, 0.717) is 32.2 Å². The maximum absolute atomic E-state index is 10.5. The Labute approximate surface area is 105 Å². The van der Waals surface area contributed by atoms with Crippen LogP contribution in [-0.4, -0.2) is 54.5 Å². The third-order valence-corrected chi connectivity index (χ3v) is 2.07. The van der Waals surface area contributed by atoms with Gasteiger partial charge in [0.15, 0.2) is 5.69 Å². The predicted molar refractivity (Wildman–Crippen MR) is 64.8 cm³/mol. The van der Waals surface area contributed by atoms with Gasteiger partial charge in [-0.25, -0.2) is 14.8 Å². The fraction of sp³-hybridized carbons (Fsp3) is 0.545. The van der Waals surface area contributed by atoms with Crippen molar-refractivity contribution in [2.75, 3.05) is 38.8 Å². The van der Waals surface area contributed by atoms with Crippen molar-refractivity contribution in [2.24, 2.45) is 0 Å². The number of aromatic carboxylic acids is 1. The summed E-state index contributed by atoms with van der Waals surface area (Å²) in [5.74, 6) is -0.530.